The highest BCUT2D eigenvalue weighted by Crippen LogP contribution is 2.17. The maximum absolute atomic E-state index is 5.70. The number of aromatic nitrogens is 2. The van der Waals surface area contributed by atoms with Crippen LogP contribution in [-0.4, -0.2) is 36.8 Å². The van der Waals surface area contributed by atoms with E-state index >= 15 is 0 Å². The monoisotopic (exact) mass is 344 g/mol. The molecular weight excluding hydrogens is 316 g/mol. The summed E-state index contributed by atoms with van der Waals surface area (Å²) in [6, 6.07) is 9.48. The Morgan fingerprint density at radius 3 is 2.16 bits per heavy atom. The third-order valence-corrected chi connectivity index (χ3v) is 3.60. The van der Waals surface area contributed by atoms with Crippen LogP contribution in [0.1, 0.15) is 26.1 Å². The number of nitrogens with zero attached hydrogens (tertiary/aromatic N) is 2. The first-order valence-corrected chi connectivity index (χ1v) is 8.67. The van der Waals surface area contributed by atoms with E-state index < -0.39 is 0 Å². The first kappa shape index (κ1) is 18.8. The summed E-state index contributed by atoms with van der Waals surface area (Å²) in [5, 5.41) is 6.63. The van der Waals surface area contributed by atoms with Crippen LogP contribution in [0.15, 0.2) is 30.3 Å². The molecule has 0 radical (unpaired) electrons. The molecule has 1 aromatic heterocycles. The largest absolute Gasteiger partial charge is 0.497 e. The van der Waals surface area contributed by atoms with Gasteiger partial charge in [-0.15, -0.1) is 0 Å². The summed E-state index contributed by atoms with van der Waals surface area (Å²) in [6.07, 6.45) is 1.11. The van der Waals surface area contributed by atoms with Gasteiger partial charge in [0.25, 0.3) is 0 Å². The molecule has 1 aromatic carbocycles. The van der Waals surface area contributed by atoms with E-state index in [0.717, 1.165) is 41.9 Å². The molecular formula is C19H28N4O2. The zero-order chi connectivity index (χ0) is 18.1. The molecule has 0 saturated carbocycles. The number of hydrogen-bond acceptors (Lipinski definition) is 6. The number of rotatable bonds is 10. The lowest BCUT2D eigenvalue weighted by Gasteiger charge is -2.12. The van der Waals surface area contributed by atoms with Gasteiger partial charge in [0.05, 0.1) is 13.7 Å². The molecule has 0 bridgehead atoms. The van der Waals surface area contributed by atoms with Crippen LogP contribution in [0.3, 0.4) is 0 Å². The number of benzene rings is 1. The van der Waals surface area contributed by atoms with Crippen molar-refractivity contribution in [2.45, 2.75) is 27.2 Å². The number of aryl methyl sites for hydroxylation is 1. The smallest absolute Gasteiger partial charge is 0.131 e. The fourth-order valence-electron chi connectivity index (χ4n) is 2.26. The molecule has 0 aliphatic carbocycles. The van der Waals surface area contributed by atoms with Crippen LogP contribution < -0.4 is 20.1 Å². The van der Waals surface area contributed by atoms with Gasteiger partial charge in [-0.2, -0.15) is 0 Å². The zero-order valence-corrected chi connectivity index (χ0v) is 15.5. The SMILES string of the molecule is COc1ccc(OCCNc2cc(NCCC(C)C)nc(C)n2)cc1. The first-order chi connectivity index (χ1) is 12.1. The minimum Gasteiger partial charge on any atom is -0.497 e. The molecule has 136 valence electrons. The van der Waals surface area contributed by atoms with E-state index in [1.54, 1.807) is 7.11 Å². The van der Waals surface area contributed by atoms with Gasteiger partial charge in [0, 0.05) is 12.6 Å². The maximum atomic E-state index is 5.70. The molecule has 0 amide bonds. The Balaban J connectivity index is 1.78. The van der Waals surface area contributed by atoms with Crippen LogP contribution in [0.4, 0.5) is 11.6 Å². The Morgan fingerprint density at radius 1 is 0.960 bits per heavy atom. The predicted octanol–water partition coefficient (Wildman–Crippen LogP) is 3.74. The van der Waals surface area contributed by atoms with Crippen molar-refractivity contribution in [1.29, 1.82) is 0 Å². The topological polar surface area (TPSA) is 68.3 Å². The van der Waals surface area contributed by atoms with Gasteiger partial charge in [0.1, 0.15) is 35.6 Å². The van der Waals surface area contributed by atoms with Gasteiger partial charge in [-0.3, -0.25) is 0 Å². The molecule has 2 aromatic rings. The molecule has 0 saturated heterocycles. The van der Waals surface area contributed by atoms with Crippen molar-refractivity contribution >= 4 is 11.6 Å². The summed E-state index contributed by atoms with van der Waals surface area (Å²) in [5.74, 6) is 4.71. The molecule has 0 fully saturated rings. The number of ether oxygens (including phenoxy) is 2. The van der Waals surface area contributed by atoms with E-state index in [-0.39, 0.29) is 0 Å². The lowest BCUT2D eigenvalue weighted by molar-refractivity contribution is 0.331. The Labute approximate surface area is 150 Å². The summed E-state index contributed by atoms with van der Waals surface area (Å²) >= 11 is 0. The van der Waals surface area contributed by atoms with Crippen molar-refractivity contribution in [2.24, 2.45) is 5.92 Å². The summed E-state index contributed by atoms with van der Waals surface area (Å²) < 4.78 is 10.8. The molecule has 0 aliphatic rings. The summed E-state index contributed by atoms with van der Waals surface area (Å²) in [4.78, 5) is 8.83. The van der Waals surface area contributed by atoms with E-state index in [0.29, 0.717) is 19.1 Å². The first-order valence-electron chi connectivity index (χ1n) is 8.67. The lowest BCUT2D eigenvalue weighted by Crippen LogP contribution is -2.14. The number of anilines is 2. The highest BCUT2D eigenvalue weighted by atomic mass is 16.5. The van der Waals surface area contributed by atoms with Crippen molar-refractivity contribution in [2.75, 3.05) is 37.4 Å². The van der Waals surface area contributed by atoms with Crippen LogP contribution in [-0.2, 0) is 0 Å². The molecule has 2 N–H and O–H groups in total. The van der Waals surface area contributed by atoms with Gasteiger partial charge < -0.3 is 20.1 Å². The molecule has 6 nitrogen and oxygen atoms in total. The summed E-state index contributed by atoms with van der Waals surface area (Å²) in [6.45, 7) is 8.44. The molecule has 0 aliphatic heterocycles. The van der Waals surface area contributed by atoms with Crippen molar-refractivity contribution in [3.05, 3.63) is 36.2 Å². The third-order valence-electron chi connectivity index (χ3n) is 3.60. The minimum absolute atomic E-state index is 0.547. The van der Waals surface area contributed by atoms with Crippen LogP contribution >= 0.6 is 0 Å². The number of hydrogen-bond donors (Lipinski definition) is 2. The van der Waals surface area contributed by atoms with Gasteiger partial charge in [0.15, 0.2) is 0 Å². The highest BCUT2D eigenvalue weighted by molar-refractivity contribution is 5.47. The van der Waals surface area contributed by atoms with Crippen molar-refractivity contribution in [1.82, 2.24) is 9.97 Å². The Morgan fingerprint density at radius 2 is 1.56 bits per heavy atom. The predicted molar refractivity (Wildman–Crippen MR) is 102 cm³/mol. The van der Waals surface area contributed by atoms with Gasteiger partial charge >= 0.3 is 0 Å². The van der Waals surface area contributed by atoms with Crippen LogP contribution in [0.2, 0.25) is 0 Å². The molecule has 2 rings (SSSR count). The second kappa shape index (κ2) is 9.71. The number of methoxy groups -OCH3 is 1. The Hall–Kier alpha value is -2.50. The molecule has 6 heteroatoms. The van der Waals surface area contributed by atoms with Crippen LogP contribution in [0.5, 0.6) is 11.5 Å². The van der Waals surface area contributed by atoms with Crippen LogP contribution in [0, 0.1) is 12.8 Å². The molecule has 1 heterocycles. The fourth-order valence-corrected chi connectivity index (χ4v) is 2.26. The van der Waals surface area contributed by atoms with Gasteiger partial charge in [-0.25, -0.2) is 9.97 Å². The average molecular weight is 344 g/mol. The maximum Gasteiger partial charge on any atom is 0.131 e. The second-order valence-electron chi connectivity index (χ2n) is 6.25. The van der Waals surface area contributed by atoms with E-state index in [4.69, 9.17) is 9.47 Å². The minimum atomic E-state index is 0.547. The Kier molecular flexibility index (Phi) is 7.32. The molecule has 25 heavy (non-hydrogen) atoms. The quantitative estimate of drug-likeness (QED) is 0.640. The molecule has 0 spiro atoms. The summed E-state index contributed by atoms with van der Waals surface area (Å²) in [5.41, 5.74) is 0. The van der Waals surface area contributed by atoms with Crippen LogP contribution in [0.25, 0.3) is 0 Å². The zero-order valence-electron chi connectivity index (χ0n) is 15.5. The molecule has 0 atom stereocenters. The standard InChI is InChI=1S/C19H28N4O2/c1-14(2)9-10-20-18-13-19(23-15(3)22-18)21-11-12-25-17-7-5-16(24-4)6-8-17/h5-8,13-14H,9-12H2,1-4H3,(H2,20,21,22,23). The van der Waals surface area contributed by atoms with Crippen molar-refractivity contribution in [3.8, 4) is 11.5 Å². The average Bonchev–Trinajstić information content (AvgIpc) is 2.58. The normalized spacial score (nSPS) is 10.6. The van der Waals surface area contributed by atoms with E-state index in [1.807, 2.05) is 37.3 Å². The van der Waals surface area contributed by atoms with Crippen molar-refractivity contribution in [3.63, 3.8) is 0 Å². The highest BCUT2D eigenvalue weighted by Gasteiger charge is 2.02. The van der Waals surface area contributed by atoms with E-state index in [1.165, 1.54) is 0 Å². The number of nitrogens with one attached hydrogen (secondary N) is 2. The second-order valence-corrected chi connectivity index (χ2v) is 6.25. The summed E-state index contributed by atoms with van der Waals surface area (Å²) in [7, 11) is 1.65. The fraction of sp³-hybridized carbons (Fsp3) is 0.474. The third kappa shape index (κ3) is 6.87. The van der Waals surface area contributed by atoms with Gasteiger partial charge in [-0.05, 0) is 43.5 Å². The Bertz CT molecular complexity index is 644. The van der Waals surface area contributed by atoms with Gasteiger partial charge in [-0.1, -0.05) is 13.8 Å². The van der Waals surface area contributed by atoms with Gasteiger partial charge in [0.2, 0.25) is 0 Å². The van der Waals surface area contributed by atoms with Crippen molar-refractivity contribution < 1.29 is 9.47 Å². The molecule has 0 unspecified atom stereocenters. The van der Waals surface area contributed by atoms with E-state index in [9.17, 15) is 0 Å². The lowest BCUT2D eigenvalue weighted by atomic mass is 10.1. The van der Waals surface area contributed by atoms with E-state index in [2.05, 4.69) is 34.4 Å².